The number of ether oxygens (including phenoxy) is 4. The minimum atomic E-state index is -1.37. The van der Waals surface area contributed by atoms with Gasteiger partial charge in [0.1, 0.15) is 0 Å². The quantitative estimate of drug-likeness (QED) is 0.620. The van der Waals surface area contributed by atoms with E-state index in [0.717, 1.165) is 0 Å². The first-order valence-electron chi connectivity index (χ1n) is 5.56. The molecular formula is C11H22O6. The Morgan fingerprint density at radius 2 is 1.65 bits per heavy atom. The summed E-state index contributed by atoms with van der Waals surface area (Å²) in [6, 6.07) is 0. The van der Waals surface area contributed by atoms with E-state index in [4.69, 9.17) is 24.1 Å². The molecule has 0 aromatic rings. The van der Waals surface area contributed by atoms with Gasteiger partial charge in [-0.15, -0.1) is 0 Å². The summed E-state index contributed by atoms with van der Waals surface area (Å²) in [4.78, 5) is 11.0. The Hall–Kier alpha value is -0.690. The second-order valence-electron chi connectivity index (χ2n) is 3.82. The van der Waals surface area contributed by atoms with Crippen molar-refractivity contribution in [3.63, 3.8) is 0 Å². The van der Waals surface area contributed by atoms with E-state index in [1.165, 1.54) is 21.0 Å². The van der Waals surface area contributed by atoms with Crippen molar-refractivity contribution in [2.45, 2.75) is 45.9 Å². The van der Waals surface area contributed by atoms with Crippen LogP contribution in [0.4, 0.5) is 0 Å². The molecule has 0 saturated carbocycles. The summed E-state index contributed by atoms with van der Waals surface area (Å²) < 4.78 is 21.0. The Labute approximate surface area is 102 Å². The van der Waals surface area contributed by atoms with E-state index >= 15 is 0 Å². The molecule has 0 bridgehead atoms. The summed E-state index contributed by atoms with van der Waals surface area (Å²) in [7, 11) is 1.45. The van der Waals surface area contributed by atoms with Crippen molar-refractivity contribution in [3.8, 4) is 0 Å². The summed E-state index contributed by atoms with van der Waals surface area (Å²) in [5.41, 5.74) is -1.37. The number of carboxylic acid groups (broad SMARTS) is 1. The Morgan fingerprint density at radius 1 is 1.18 bits per heavy atom. The Bertz CT molecular complexity index is 228. The van der Waals surface area contributed by atoms with Crippen LogP contribution in [0.5, 0.6) is 0 Å². The number of hydrogen-bond donors (Lipinski definition) is 1. The molecule has 0 saturated heterocycles. The Kier molecular flexibility index (Phi) is 7.29. The maximum absolute atomic E-state index is 11.0. The minimum absolute atomic E-state index is 0.368. The summed E-state index contributed by atoms with van der Waals surface area (Å²) in [5, 5.41) is 8.98. The van der Waals surface area contributed by atoms with Gasteiger partial charge in [0.15, 0.2) is 5.60 Å². The number of hydrogen-bond acceptors (Lipinski definition) is 5. The lowest BCUT2D eigenvalue weighted by molar-refractivity contribution is -0.300. The van der Waals surface area contributed by atoms with Gasteiger partial charge in [0.2, 0.25) is 12.6 Å². The van der Waals surface area contributed by atoms with Crippen LogP contribution in [0.15, 0.2) is 0 Å². The van der Waals surface area contributed by atoms with Gasteiger partial charge >= 0.3 is 5.97 Å². The minimum Gasteiger partial charge on any atom is -0.479 e. The number of aliphatic carboxylic acids is 1. The second-order valence-corrected chi connectivity index (χ2v) is 3.82. The van der Waals surface area contributed by atoms with E-state index in [1.807, 2.05) is 0 Å². The third-order valence-corrected chi connectivity index (χ3v) is 2.04. The third-order valence-electron chi connectivity index (χ3n) is 2.04. The number of methoxy groups -OCH3 is 1. The molecule has 0 amide bonds. The molecule has 0 aliphatic rings. The SMILES string of the molecule is CCO[C@H](OC(C)(C)C(=O)O)[C@@H](OC)OCC. The summed E-state index contributed by atoms with van der Waals surface area (Å²) in [5.74, 6) is -1.08. The van der Waals surface area contributed by atoms with Gasteiger partial charge < -0.3 is 24.1 Å². The molecule has 6 nitrogen and oxygen atoms in total. The number of rotatable bonds is 9. The van der Waals surface area contributed by atoms with E-state index in [2.05, 4.69) is 0 Å². The van der Waals surface area contributed by atoms with Crippen molar-refractivity contribution < 1.29 is 28.8 Å². The largest absolute Gasteiger partial charge is 0.479 e. The van der Waals surface area contributed by atoms with Crippen LogP contribution in [0.3, 0.4) is 0 Å². The van der Waals surface area contributed by atoms with Gasteiger partial charge in [-0.1, -0.05) is 0 Å². The Balaban J connectivity index is 4.66. The van der Waals surface area contributed by atoms with Gasteiger partial charge in [-0.25, -0.2) is 4.79 Å². The molecule has 2 atom stereocenters. The molecular weight excluding hydrogens is 228 g/mol. The first kappa shape index (κ1) is 16.3. The zero-order valence-corrected chi connectivity index (χ0v) is 11.1. The summed E-state index contributed by atoms with van der Waals surface area (Å²) in [6.07, 6.45) is -1.63. The standard InChI is InChI=1S/C11H22O6/c1-6-15-8(14-5)9(16-7-2)17-11(3,4)10(12)13/h8-9H,6-7H2,1-5H3,(H,12,13)/t8-,9+/m0/s1. The monoisotopic (exact) mass is 250 g/mol. The average molecular weight is 250 g/mol. The van der Waals surface area contributed by atoms with Crippen LogP contribution in [0.1, 0.15) is 27.7 Å². The maximum atomic E-state index is 11.0. The van der Waals surface area contributed by atoms with Crippen LogP contribution in [0.25, 0.3) is 0 Å². The lowest BCUT2D eigenvalue weighted by Gasteiger charge is -2.31. The smallest absolute Gasteiger partial charge is 0.335 e. The van der Waals surface area contributed by atoms with Crippen molar-refractivity contribution in [2.24, 2.45) is 0 Å². The van der Waals surface area contributed by atoms with Gasteiger partial charge in [-0.2, -0.15) is 0 Å². The van der Waals surface area contributed by atoms with Crippen LogP contribution in [-0.2, 0) is 23.7 Å². The topological polar surface area (TPSA) is 74.2 Å². The van der Waals surface area contributed by atoms with Crippen LogP contribution in [0, 0.1) is 0 Å². The van der Waals surface area contributed by atoms with E-state index in [9.17, 15) is 4.79 Å². The van der Waals surface area contributed by atoms with Gasteiger partial charge in [-0.3, -0.25) is 0 Å². The molecule has 6 heteroatoms. The fourth-order valence-corrected chi connectivity index (χ4v) is 1.10. The fraction of sp³-hybridized carbons (Fsp3) is 0.909. The molecule has 0 fully saturated rings. The lowest BCUT2D eigenvalue weighted by atomic mass is 10.1. The molecule has 0 aliphatic heterocycles. The highest BCUT2D eigenvalue weighted by molar-refractivity contribution is 5.76. The zero-order valence-electron chi connectivity index (χ0n) is 11.1. The molecule has 102 valence electrons. The van der Waals surface area contributed by atoms with Crippen LogP contribution in [-0.4, -0.2) is 49.6 Å². The summed E-state index contributed by atoms with van der Waals surface area (Å²) >= 11 is 0. The second kappa shape index (κ2) is 7.60. The van der Waals surface area contributed by atoms with Gasteiger partial charge in [0.05, 0.1) is 0 Å². The summed E-state index contributed by atoms with van der Waals surface area (Å²) in [6.45, 7) is 7.26. The van der Waals surface area contributed by atoms with E-state index < -0.39 is 24.2 Å². The molecule has 0 aromatic carbocycles. The molecule has 0 rings (SSSR count). The molecule has 0 spiro atoms. The van der Waals surface area contributed by atoms with Crippen molar-refractivity contribution in [2.75, 3.05) is 20.3 Å². The normalized spacial score (nSPS) is 15.6. The molecule has 17 heavy (non-hydrogen) atoms. The van der Waals surface area contributed by atoms with E-state index in [0.29, 0.717) is 13.2 Å². The highest BCUT2D eigenvalue weighted by Crippen LogP contribution is 2.17. The number of carbonyl (C=O) groups is 1. The first-order chi connectivity index (χ1) is 7.88. The molecule has 0 aliphatic carbocycles. The number of carboxylic acids is 1. The Morgan fingerprint density at radius 3 is 2.00 bits per heavy atom. The van der Waals surface area contributed by atoms with Crippen LogP contribution < -0.4 is 0 Å². The van der Waals surface area contributed by atoms with Crippen molar-refractivity contribution in [1.82, 2.24) is 0 Å². The predicted molar refractivity (Wildman–Crippen MR) is 60.6 cm³/mol. The highest BCUT2D eigenvalue weighted by atomic mass is 16.8. The molecule has 0 heterocycles. The van der Waals surface area contributed by atoms with E-state index in [-0.39, 0.29) is 0 Å². The van der Waals surface area contributed by atoms with Crippen LogP contribution in [0.2, 0.25) is 0 Å². The lowest BCUT2D eigenvalue weighted by Crippen LogP contribution is -2.45. The van der Waals surface area contributed by atoms with Gasteiger partial charge in [-0.05, 0) is 27.7 Å². The van der Waals surface area contributed by atoms with Gasteiger partial charge in [0.25, 0.3) is 0 Å². The highest BCUT2D eigenvalue weighted by Gasteiger charge is 2.35. The van der Waals surface area contributed by atoms with Crippen LogP contribution >= 0.6 is 0 Å². The molecule has 0 radical (unpaired) electrons. The maximum Gasteiger partial charge on any atom is 0.335 e. The zero-order chi connectivity index (χ0) is 13.5. The van der Waals surface area contributed by atoms with Crippen molar-refractivity contribution in [1.29, 1.82) is 0 Å². The predicted octanol–water partition coefficient (Wildman–Crippen LogP) is 1.24. The molecule has 1 N–H and O–H groups in total. The molecule has 0 unspecified atom stereocenters. The fourth-order valence-electron chi connectivity index (χ4n) is 1.10. The first-order valence-corrected chi connectivity index (χ1v) is 5.56. The molecule has 0 aromatic heterocycles. The van der Waals surface area contributed by atoms with Gasteiger partial charge in [0, 0.05) is 20.3 Å². The van der Waals surface area contributed by atoms with Crippen molar-refractivity contribution in [3.05, 3.63) is 0 Å². The van der Waals surface area contributed by atoms with Crippen molar-refractivity contribution >= 4 is 5.97 Å². The van der Waals surface area contributed by atoms with E-state index in [1.54, 1.807) is 13.8 Å². The average Bonchev–Trinajstić information content (AvgIpc) is 2.24. The third kappa shape index (κ3) is 5.45.